The fraction of sp³-hybridized carbons (Fsp3) is 0.218. The number of benzene rings is 6. The van der Waals surface area contributed by atoms with Gasteiger partial charge in [-0.1, -0.05) is 179 Å². The maximum atomic E-state index is 5.20. The van der Waals surface area contributed by atoms with Gasteiger partial charge in [0.15, 0.2) is 0 Å². The molecule has 5 aliphatic rings. The largest absolute Gasteiger partial charge is 0.358 e. The van der Waals surface area contributed by atoms with E-state index in [1.807, 2.05) is 0 Å². The molecule has 1 aliphatic heterocycles. The van der Waals surface area contributed by atoms with E-state index in [-0.39, 0.29) is 16.9 Å². The lowest BCUT2D eigenvalue weighted by Crippen LogP contribution is -2.32. The van der Waals surface area contributed by atoms with Crippen molar-refractivity contribution < 1.29 is 0 Å². The van der Waals surface area contributed by atoms with Crippen LogP contribution in [0.3, 0.4) is 0 Å². The van der Waals surface area contributed by atoms with E-state index in [4.69, 9.17) is 4.99 Å². The molecule has 0 amide bonds. The number of hydrogen-bond donors (Lipinski definition) is 1. The van der Waals surface area contributed by atoms with Crippen LogP contribution in [0.1, 0.15) is 96.9 Å². The van der Waals surface area contributed by atoms with Crippen molar-refractivity contribution >= 4 is 37.8 Å². The second-order valence-corrected chi connectivity index (χ2v) is 18.9. The Balaban J connectivity index is 0.855. The monoisotopic (exact) mass is 766 g/mol. The predicted molar refractivity (Wildman–Crippen MR) is 243 cm³/mol. The third kappa shape index (κ3) is 5.05. The zero-order chi connectivity index (χ0) is 38.6. The van der Waals surface area contributed by atoms with Crippen LogP contribution in [0.25, 0.3) is 37.9 Å². The summed E-state index contributed by atoms with van der Waals surface area (Å²) in [6.07, 6.45) is 12.0. The molecule has 1 spiro atoms. The average Bonchev–Trinajstić information content (AvgIpc) is 3.86. The number of allylic oxidation sites excluding steroid dienone is 4. The van der Waals surface area contributed by atoms with E-state index in [2.05, 4.69) is 177 Å². The fourth-order valence-electron chi connectivity index (χ4n) is 11.6. The highest BCUT2D eigenvalue weighted by atomic mass is 32.1. The lowest BCUT2D eigenvalue weighted by Gasteiger charge is -2.39. The van der Waals surface area contributed by atoms with Crippen LogP contribution >= 0.6 is 11.3 Å². The number of nitrogens with one attached hydrogen (secondary N) is 1. The maximum Gasteiger partial charge on any atom is 0.135 e. The Hall–Kier alpha value is -5.77. The number of fused-ring (bicyclic) bond motifs is 11. The van der Waals surface area contributed by atoms with Gasteiger partial charge in [0.25, 0.3) is 0 Å². The van der Waals surface area contributed by atoms with E-state index >= 15 is 0 Å². The third-order valence-electron chi connectivity index (χ3n) is 14.5. The first kappa shape index (κ1) is 34.3. The highest BCUT2D eigenvalue weighted by Crippen LogP contribution is 2.63. The average molecular weight is 767 g/mol. The van der Waals surface area contributed by atoms with Crippen LogP contribution in [-0.4, -0.2) is 5.84 Å². The van der Waals surface area contributed by atoms with Gasteiger partial charge in [-0.05, 0) is 97.5 Å². The van der Waals surface area contributed by atoms with Crippen molar-refractivity contribution in [1.82, 2.24) is 5.32 Å². The van der Waals surface area contributed by atoms with E-state index in [0.29, 0.717) is 11.8 Å². The summed E-state index contributed by atoms with van der Waals surface area (Å²) >= 11 is 1.78. The summed E-state index contributed by atoms with van der Waals surface area (Å²) in [6, 6.07) is 54.3. The summed E-state index contributed by atoms with van der Waals surface area (Å²) in [5.41, 5.74) is 18.2. The van der Waals surface area contributed by atoms with Gasteiger partial charge in [0.2, 0.25) is 0 Å². The van der Waals surface area contributed by atoms with Gasteiger partial charge < -0.3 is 5.32 Å². The van der Waals surface area contributed by atoms with E-state index in [1.165, 1.54) is 92.3 Å². The van der Waals surface area contributed by atoms with Crippen LogP contribution in [-0.2, 0) is 10.8 Å². The number of thiophene rings is 1. The minimum Gasteiger partial charge on any atom is -0.358 e. The van der Waals surface area contributed by atoms with Gasteiger partial charge in [0, 0.05) is 32.5 Å². The van der Waals surface area contributed by atoms with Crippen molar-refractivity contribution in [3.05, 3.63) is 202 Å². The topological polar surface area (TPSA) is 24.4 Å². The number of rotatable bonds is 4. The van der Waals surface area contributed by atoms with Gasteiger partial charge in [-0.25, -0.2) is 4.99 Å². The molecule has 6 aromatic carbocycles. The third-order valence-corrected chi connectivity index (χ3v) is 15.6. The Kier molecular flexibility index (Phi) is 7.61. The van der Waals surface area contributed by atoms with Gasteiger partial charge in [0.05, 0.1) is 6.04 Å². The van der Waals surface area contributed by atoms with Crippen molar-refractivity contribution in [2.45, 2.75) is 68.7 Å². The van der Waals surface area contributed by atoms with Crippen LogP contribution in [0.5, 0.6) is 0 Å². The van der Waals surface area contributed by atoms with Crippen LogP contribution in [0.4, 0.5) is 5.00 Å². The smallest absolute Gasteiger partial charge is 0.135 e. The van der Waals surface area contributed by atoms with Gasteiger partial charge in [0.1, 0.15) is 10.8 Å². The van der Waals surface area contributed by atoms with Crippen molar-refractivity contribution in [3.63, 3.8) is 0 Å². The number of amidine groups is 1. The Morgan fingerprint density at radius 2 is 1.28 bits per heavy atom. The Morgan fingerprint density at radius 3 is 2.05 bits per heavy atom. The van der Waals surface area contributed by atoms with Crippen LogP contribution in [0.15, 0.2) is 168 Å². The second-order valence-electron chi connectivity index (χ2n) is 17.8. The molecule has 282 valence electrons. The molecule has 0 saturated heterocycles. The maximum absolute atomic E-state index is 5.20. The molecule has 1 fully saturated rings. The van der Waals surface area contributed by atoms with Gasteiger partial charge in [-0.3, -0.25) is 0 Å². The van der Waals surface area contributed by atoms with Crippen LogP contribution in [0, 0.1) is 5.92 Å². The molecule has 4 aliphatic carbocycles. The molecule has 1 saturated carbocycles. The standard InChI is InChI=1S/C55H46N2S/c1-54(2)45-17-9-7-15-40(45)43-33-48-44(32-47(43)54)42-31-39(27-28-46(42)55(48)29-11-4-12-30-55)36-21-19-34(20-22-36)35-23-25-38(26-24-35)52-56-51(37-13-5-3-6-14-37)50-41-16-8-10-18-49(41)58-53(50)57-52/h3,5-10,13-28,31-33,43,47,51H,4,11-12,29-30H2,1-2H3,(H,56,57). The molecule has 2 nitrogen and oxygen atoms in total. The molecular formula is C55H46N2S. The molecule has 1 N–H and O–H groups in total. The van der Waals surface area contributed by atoms with E-state index < -0.39 is 0 Å². The molecule has 3 unspecified atom stereocenters. The lowest BCUT2D eigenvalue weighted by atomic mass is 9.64. The SMILES string of the molecule is CC1(C)c2ccccc2C2C=C3C(=CC21)c1cc(-c2ccc(-c4ccc(C5=Nc6sc7ccccc7c6C(c6ccccc6)N5)cc4)cc2)ccc1C31CCCCC1. The first-order valence-electron chi connectivity index (χ1n) is 21.3. The minimum absolute atomic E-state index is 0.0418. The Bertz CT molecular complexity index is 2860. The molecule has 1 aromatic heterocycles. The van der Waals surface area contributed by atoms with Gasteiger partial charge in [-0.15, -0.1) is 11.3 Å². The first-order valence-corrected chi connectivity index (χ1v) is 22.1. The molecule has 0 bridgehead atoms. The Morgan fingerprint density at radius 1 is 0.621 bits per heavy atom. The molecule has 12 rings (SSSR count). The zero-order valence-corrected chi connectivity index (χ0v) is 34.0. The van der Waals surface area contributed by atoms with E-state index in [0.717, 1.165) is 16.4 Å². The summed E-state index contributed by atoms with van der Waals surface area (Å²) in [4.78, 5) is 5.20. The predicted octanol–water partition coefficient (Wildman–Crippen LogP) is 14.2. The highest BCUT2D eigenvalue weighted by Gasteiger charge is 2.52. The number of hydrogen-bond acceptors (Lipinski definition) is 3. The Labute approximate surface area is 345 Å². The van der Waals surface area contributed by atoms with Crippen molar-refractivity contribution in [2.75, 3.05) is 0 Å². The van der Waals surface area contributed by atoms with Crippen molar-refractivity contribution in [2.24, 2.45) is 10.9 Å². The lowest BCUT2D eigenvalue weighted by molar-refractivity contribution is 0.345. The number of aliphatic imine (C=N–C) groups is 1. The summed E-state index contributed by atoms with van der Waals surface area (Å²) in [7, 11) is 0. The second kappa shape index (κ2) is 12.9. The number of nitrogens with zero attached hydrogens (tertiary/aromatic N) is 1. The van der Waals surface area contributed by atoms with Crippen LogP contribution in [0.2, 0.25) is 0 Å². The van der Waals surface area contributed by atoms with Gasteiger partial charge in [-0.2, -0.15) is 0 Å². The molecule has 0 radical (unpaired) electrons. The molecule has 3 atom stereocenters. The molecule has 2 heterocycles. The van der Waals surface area contributed by atoms with Gasteiger partial charge >= 0.3 is 0 Å². The quantitative estimate of drug-likeness (QED) is 0.190. The molecule has 3 heteroatoms. The summed E-state index contributed by atoms with van der Waals surface area (Å²) < 4.78 is 1.28. The van der Waals surface area contributed by atoms with Crippen molar-refractivity contribution in [3.8, 4) is 22.3 Å². The highest BCUT2D eigenvalue weighted by molar-refractivity contribution is 7.22. The molecule has 7 aromatic rings. The normalized spacial score (nSPS) is 21.8. The van der Waals surface area contributed by atoms with Crippen LogP contribution < -0.4 is 5.32 Å². The summed E-state index contributed by atoms with van der Waals surface area (Å²) in [6.45, 7) is 4.93. The molecular weight excluding hydrogens is 721 g/mol. The van der Waals surface area contributed by atoms with E-state index in [9.17, 15) is 0 Å². The molecule has 58 heavy (non-hydrogen) atoms. The minimum atomic E-state index is 0.0418. The summed E-state index contributed by atoms with van der Waals surface area (Å²) in [5.74, 6) is 1.86. The van der Waals surface area contributed by atoms with E-state index in [1.54, 1.807) is 28.0 Å². The fourth-order valence-corrected chi connectivity index (χ4v) is 12.7. The zero-order valence-electron chi connectivity index (χ0n) is 33.1. The van der Waals surface area contributed by atoms with Crippen molar-refractivity contribution in [1.29, 1.82) is 0 Å². The summed E-state index contributed by atoms with van der Waals surface area (Å²) in [5, 5.41) is 6.20. The first-order chi connectivity index (χ1) is 28.5.